The molecule has 0 N–H and O–H groups in total. The standard InChI is InChI=1S/C11H11F4N.C2H6/c1-7-2-3-9(4-10(7)12)16-5-8(6-16)11(13,14)15;1-2/h2-4,8H,5-6H2,1H3;1-2H3. The van der Waals surface area contributed by atoms with Crippen LogP contribution in [0.4, 0.5) is 23.2 Å². The Labute approximate surface area is 104 Å². The number of aryl methyl sites for hydroxylation is 1. The quantitative estimate of drug-likeness (QED) is 0.688. The molecule has 2 rings (SSSR count). The Morgan fingerprint density at radius 3 is 2.17 bits per heavy atom. The van der Waals surface area contributed by atoms with Gasteiger partial charge in [-0.15, -0.1) is 0 Å². The van der Waals surface area contributed by atoms with Crippen molar-refractivity contribution in [3.05, 3.63) is 29.6 Å². The van der Waals surface area contributed by atoms with E-state index in [9.17, 15) is 17.6 Å². The lowest BCUT2D eigenvalue weighted by molar-refractivity contribution is -0.180. The van der Waals surface area contributed by atoms with E-state index in [0.717, 1.165) is 0 Å². The van der Waals surface area contributed by atoms with Gasteiger partial charge < -0.3 is 4.90 Å². The van der Waals surface area contributed by atoms with E-state index in [1.165, 1.54) is 11.0 Å². The van der Waals surface area contributed by atoms with Crippen LogP contribution in [0.3, 0.4) is 0 Å². The SMILES string of the molecule is CC.Cc1ccc(N2CC(C(F)(F)F)C2)cc1F. The number of halogens is 4. The van der Waals surface area contributed by atoms with Crippen LogP contribution in [0.15, 0.2) is 18.2 Å². The third kappa shape index (κ3) is 3.15. The maximum atomic E-state index is 13.2. The van der Waals surface area contributed by atoms with E-state index < -0.39 is 12.1 Å². The number of benzene rings is 1. The van der Waals surface area contributed by atoms with Gasteiger partial charge in [0.1, 0.15) is 5.82 Å². The minimum atomic E-state index is -4.14. The zero-order valence-electron chi connectivity index (χ0n) is 10.7. The van der Waals surface area contributed by atoms with E-state index >= 15 is 0 Å². The molecule has 0 amide bonds. The second-order valence-corrected chi connectivity index (χ2v) is 4.08. The number of hydrogen-bond acceptors (Lipinski definition) is 1. The summed E-state index contributed by atoms with van der Waals surface area (Å²) in [6.07, 6.45) is -4.14. The minimum absolute atomic E-state index is 0.0774. The van der Waals surface area contributed by atoms with Crippen LogP contribution < -0.4 is 4.90 Å². The Morgan fingerprint density at radius 2 is 1.72 bits per heavy atom. The van der Waals surface area contributed by atoms with Crippen LogP contribution in [-0.2, 0) is 0 Å². The summed E-state index contributed by atoms with van der Waals surface area (Å²) in [5, 5.41) is 0. The molecule has 0 aromatic heterocycles. The van der Waals surface area contributed by atoms with Gasteiger partial charge in [-0.3, -0.25) is 0 Å². The largest absolute Gasteiger partial charge is 0.395 e. The van der Waals surface area contributed by atoms with Crippen LogP contribution in [0, 0.1) is 18.7 Å². The number of hydrogen-bond donors (Lipinski definition) is 0. The fraction of sp³-hybridized carbons (Fsp3) is 0.538. The predicted molar refractivity (Wildman–Crippen MR) is 64.2 cm³/mol. The van der Waals surface area contributed by atoms with Gasteiger partial charge in [-0.1, -0.05) is 19.9 Å². The van der Waals surface area contributed by atoms with Crippen molar-refractivity contribution in [1.82, 2.24) is 0 Å². The van der Waals surface area contributed by atoms with Crippen molar-refractivity contribution in [1.29, 1.82) is 0 Å². The zero-order chi connectivity index (χ0) is 13.9. The molecule has 5 heteroatoms. The molecule has 1 heterocycles. The lowest BCUT2D eigenvalue weighted by Gasteiger charge is -2.41. The second kappa shape index (κ2) is 5.59. The molecule has 102 valence electrons. The Morgan fingerprint density at radius 1 is 1.17 bits per heavy atom. The first-order valence-corrected chi connectivity index (χ1v) is 5.96. The molecule has 1 saturated heterocycles. The Kier molecular flexibility index (Phi) is 4.59. The molecular weight excluding hydrogens is 246 g/mol. The highest BCUT2D eigenvalue weighted by Crippen LogP contribution is 2.36. The van der Waals surface area contributed by atoms with Gasteiger partial charge >= 0.3 is 6.18 Å². The second-order valence-electron chi connectivity index (χ2n) is 4.08. The Hall–Kier alpha value is -1.26. The van der Waals surface area contributed by atoms with E-state index in [0.29, 0.717) is 11.3 Å². The highest BCUT2D eigenvalue weighted by Gasteiger charge is 2.47. The van der Waals surface area contributed by atoms with Crippen LogP contribution in [-0.4, -0.2) is 19.3 Å². The summed E-state index contributed by atoms with van der Waals surface area (Å²) in [7, 11) is 0. The van der Waals surface area contributed by atoms with Crippen molar-refractivity contribution in [3.8, 4) is 0 Å². The molecule has 1 aromatic carbocycles. The van der Waals surface area contributed by atoms with Crippen molar-refractivity contribution in [3.63, 3.8) is 0 Å². The van der Waals surface area contributed by atoms with Crippen molar-refractivity contribution < 1.29 is 17.6 Å². The molecule has 1 nitrogen and oxygen atoms in total. The summed E-state index contributed by atoms with van der Waals surface area (Å²) in [5.41, 5.74) is 1.01. The van der Waals surface area contributed by atoms with E-state index in [2.05, 4.69) is 0 Å². The molecule has 0 spiro atoms. The summed E-state index contributed by atoms with van der Waals surface area (Å²) >= 11 is 0. The first-order chi connectivity index (χ1) is 8.38. The molecule has 1 aliphatic rings. The third-order valence-corrected chi connectivity index (χ3v) is 2.87. The predicted octanol–water partition coefficient (Wildman–Crippen LogP) is 4.16. The highest BCUT2D eigenvalue weighted by molar-refractivity contribution is 5.50. The number of rotatable bonds is 1. The molecular formula is C13H17F4N. The van der Waals surface area contributed by atoms with E-state index in [4.69, 9.17) is 0 Å². The van der Waals surface area contributed by atoms with Crippen molar-refractivity contribution in [2.45, 2.75) is 26.9 Å². The monoisotopic (exact) mass is 263 g/mol. The number of alkyl halides is 3. The molecule has 1 fully saturated rings. The van der Waals surface area contributed by atoms with Gasteiger partial charge in [0, 0.05) is 18.8 Å². The number of nitrogens with zero attached hydrogens (tertiary/aromatic N) is 1. The van der Waals surface area contributed by atoms with Gasteiger partial charge in [0.2, 0.25) is 0 Å². The lowest BCUT2D eigenvalue weighted by Crippen LogP contribution is -2.53. The minimum Gasteiger partial charge on any atom is -0.370 e. The smallest absolute Gasteiger partial charge is 0.370 e. The third-order valence-electron chi connectivity index (χ3n) is 2.87. The summed E-state index contributed by atoms with van der Waals surface area (Å²) in [5.74, 6) is -1.66. The first kappa shape index (κ1) is 14.8. The summed E-state index contributed by atoms with van der Waals surface area (Å²) < 4.78 is 49.9. The normalized spacial score (nSPS) is 15.8. The van der Waals surface area contributed by atoms with Crippen molar-refractivity contribution >= 4 is 5.69 Å². The van der Waals surface area contributed by atoms with Gasteiger partial charge in [0.25, 0.3) is 0 Å². The summed E-state index contributed by atoms with van der Waals surface area (Å²) in [6.45, 7) is 5.46. The molecule has 1 aromatic rings. The molecule has 0 atom stereocenters. The van der Waals surface area contributed by atoms with Gasteiger partial charge in [0.15, 0.2) is 0 Å². The first-order valence-electron chi connectivity index (χ1n) is 5.96. The average Bonchev–Trinajstić information content (AvgIpc) is 2.22. The van der Waals surface area contributed by atoms with Crippen LogP contribution in [0.5, 0.6) is 0 Å². The van der Waals surface area contributed by atoms with Crippen LogP contribution in [0.1, 0.15) is 19.4 Å². The van der Waals surface area contributed by atoms with Crippen LogP contribution >= 0.6 is 0 Å². The number of anilines is 1. The van der Waals surface area contributed by atoms with Gasteiger partial charge in [-0.05, 0) is 24.6 Å². The highest BCUT2D eigenvalue weighted by atomic mass is 19.4. The van der Waals surface area contributed by atoms with Crippen LogP contribution in [0.2, 0.25) is 0 Å². The topological polar surface area (TPSA) is 3.24 Å². The molecule has 0 aliphatic carbocycles. The van der Waals surface area contributed by atoms with E-state index in [1.807, 2.05) is 13.8 Å². The van der Waals surface area contributed by atoms with Crippen molar-refractivity contribution in [2.24, 2.45) is 5.92 Å². The van der Waals surface area contributed by atoms with Gasteiger partial charge in [-0.25, -0.2) is 4.39 Å². The fourth-order valence-electron chi connectivity index (χ4n) is 1.67. The average molecular weight is 263 g/mol. The maximum Gasteiger partial charge on any atom is 0.395 e. The molecule has 0 saturated carbocycles. The van der Waals surface area contributed by atoms with Gasteiger partial charge in [-0.2, -0.15) is 13.2 Å². The summed E-state index contributed by atoms with van der Waals surface area (Å²) in [6, 6.07) is 4.50. The van der Waals surface area contributed by atoms with Crippen LogP contribution in [0.25, 0.3) is 0 Å². The van der Waals surface area contributed by atoms with E-state index in [-0.39, 0.29) is 18.9 Å². The fourth-order valence-corrected chi connectivity index (χ4v) is 1.67. The molecule has 0 bridgehead atoms. The Bertz CT molecular complexity index is 394. The van der Waals surface area contributed by atoms with Crippen molar-refractivity contribution in [2.75, 3.05) is 18.0 Å². The maximum absolute atomic E-state index is 13.2. The summed E-state index contributed by atoms with van der Waals surface area (Å²) in [4.78, 5) is 1.53. The Balaban J connectivity index is 0.000000771. The van der Waals surface area contributed by atoms with Gasteiger partial charge in [0.05, 0.1) is 5.92 Å². The van der Waals surface area contributed by atoms with E-state index in [1.54, 1.807) is 19.1 Å². The molecule has 0 unspecified atom stereocenters. The molecule has 18 heavy (non-hydrogen) atoms. The lowest BCUT2D eigenvalue weighted by atomic mass is 9.98. The molecule has 0 radical (unpaired) electrons. The zero-order valence-corrected chi connectivity index (χ0v) is 10.7. The molecule has 1 aliphatic heterocycles.